The molecule has 1 N–H and O–H groups in total. The van der Waals surface area contributed by atoms with E-state index in [0.717, 1.165) is 24.5 Å². The highest BCUT2D eigenvalue weighted by molar-refractivity contribution is 7.99. The largest absolute Gasteiger partial charge is 0.486 e. The Hall–Kier alpha value is -1.11. The Morgan fingerprint density at radius 1 is 1.59 bits per heavy atom. The van der Waals surface area contributed by atoms with Crippen LogP contribution in [0.1, 0.15) is 13.3 Å². The molecular formula is C14H17NOS. The zero-order valence-electron chi connectivity index (χ0n) is 9.98. The lowest BCUT2D eigenvalue weighted by molar-refractivity contribution is 0.188. The van der Waals surface area contributed by atoms with Gasteiger partial charge in [0.1, 0.15) is 17.9 Å². The van der Waals surface area contributed by atoms with E-state index < -0.39 is 0 Å². The van der Waals surface area contributed by atoms with Crippen LogP contribution in [-0.2, 0) is 0 Å². The Morgan fingerprint density at radius 3 is 3.18 bits per heavy atom. The van der Waals surface area contributed by atoms with Crippen LogP contribution in [0.25, 0.3) is 0 Å². The smallest absolute Gasteiger partial charge is 0.135 e. The van der Waals surface area contributed by atoms with Crippen molar-refractivity contribution >= 4 is 11.8 Å². The molecule has 0 fully saturated rings. The molecule has 90 valence electrons. The van der Waals surface area contributed by atoms with E-state index in [-0.39, 0.29) is 12.1 Å². The van der Waals surface area contributed by atoms with Gasteiger partial charge in [-0.25, -0.2) is 0 Å². The summed E-state index contributed by atoms with van der Waals surface area (Å²) in [6.07, 6.45) is 6.70. The molecule has 0 aliphatic carbocycles. The lowest BCUT2D eigenvalue weighted by atomic mass is 10.2. The van der Waals surface area contributed by atoms with E-state index in [2.05, 4.69) is 24.2 Å². The van der Waals surface area contributed by atoms with Crippen molar-refractivity contribution in [3.8, 4) is 18.1 Å². The minimum Gasteiger partial charge on any atom is -0.486 e. The summed E-state index contributed by atoms with van der Waals surface area (Å²) in [5.41, 5.74) is 0. The topological polar surface area (TPSA) is 21.3 Å². The zero-order valence-corrected chi connectivity index (χ0v) is 10.8. The number of benzene rings is 1. The van der Waals surface area contributed by atoms with Gasteiger partial charge in [0.15, 0.2) is 0 Å². The average molecular weight is 247 g/mol. The highest BCUT2D eigenvalue weighted by atomic mass is 32.2. The summed E-state index contributed by atoms with van der Waals surface area (Å²) in [5.74, 6) is 4.64. The van der Waals surface area contributed by atoms with Gasteiger partial charge in [-0.2, -0.15) is 0 Å². The number of hydrogen-bond donors (Lipinski definition) is 1. The second kappa shape index (κ2) is 6.00. The summed E-state index contributed by atoms with van der Waals surface area (Å²) in [4.78, 5) is 1.20. The standard InChI is InChI=1S/C14H17NOS/c1-3-9-15-11(4-2)13-10-17-14-8-6-5-7-12(14)16-13/h2,5-8,11,13,15H,3,9-10H2,1H3. The molecule has 2 atom stereocenters. The molecule has 0 aromatic heterocycles. The maximum absolute atomic E-state index is 5.96. The molecule has 0 saturated heterocycles. The number of nitrogens with one attached hydrogen (secondary N) is 1. The highest BCUT2D eigenvalue weighted by Gasteiger charge is 2.26. The number of rotatable bonds is 4. The molecular weight excluding hydrogens is 230 g/mol. The van der Waals surface area contributed by atoms with Crippen molar-refractivity contribution in [3.05, 3.63) is 24.3 Å². The molecule has 1 aromatic rings. The fourth-order valence-electron chi connectivity index (χ4n) is 1.80. The first-order chi connectivity index (χ1) is 8.35. The maximum atomic E-state index is 5.96. The van der Waals surface area contributed by atoms with Gasteiger partial charge in [-0.05, 0) is 25.1 Å². The summed E-state index contributed by atoms with van der Waals surface area (Å²) in [5, 5.41) is 3.35. The molecule has 2 rings (SSSR count). The normalized spacial score (nSPS) is 19.9. The molecule has 1 aliphatic heterocycles. The van der Waals surface area contributed by atoms with Crippen molar-refractivity contribution < 1.29 is 4.74 Å². The molecule has 0 amide bonds. The molecule has 2 nitrogen and oxygen atoms in total. The molecule has 1 aliphatic rings. The van der Waals surface area contributed by atoms with Gasteiger partial charge >= 0.3 is 0 Å². The van der Waals surface area contributed by atoms with E-state index >= 15 is 0 Å². The Labute approximate surface area is 107 Å². The third-order valence-electron chi connectivity index (χ3n) is 2.70. The van der Waals surface area contributed by atoms with Gasteiger partial charge in [0.05, 0.1) is 0 Å². The summed E-state index contributed by atoms with van der Waals surface area (Å²) >= 11 is 1.81. The van der Waals surface area contributed by atoms with Crippen LogP contribution < -0.4 is 10.1 Å². The van der Waals surface area contributed by atoms with Crippen LogP contribution in [0.3, 0.4) is 0 Å². The summed E-state index contributed by atoms with van der Waals surface area (Å²) in [6.45, 7) is 3.06. The number of terminal acetylenes is 1. The summed E-state index contributed by atoms with van der Waals surface area (Å²) < 4.78 is 5.96. The lowest BCUT2D eigenvalue weighted by Crippen LogP contribution is -2.45. The van der Waals surface area contributed by atoms with Gasteiger partial charge in [-0.15, -0.1) is 18.2 Å². The van der Waals surface area contributed by atoms with Crippen molar-refractivity contribution in [2.24, 2.45) is 0 Å². The quantitative estimate of drug-likeness (QED) is 0.826. The molecule has 1 aromatic carbocycles. The maximum Gasteiger partial charge on any atom is 0.135 e. The van der Waals surface area contributed by atoms with E-state index in [1.807, 2.05) is 30.0 Å². The SMILES string of the molecule is C#CC(NCCC)C1CSc2ccccc2O1. The zero-order chi connectivity index (χ0) is 12.1. The minimum atomic E-state index is -0.00388. The number of ether oxygens (including phenoxy) is 1. The molecule has 0 saturated carbocycles. The van der Waals surface area contributed by atoms with Crippen molar-refractivity contribution in [1.82, 2.24) is 5.32 Å². The van der Waals surface area contributed by atoms with Crippen LogP contribution in [0.4, 0.5) is 0 Å². The highest BCUT2D eigenvalue weighted by Crippen LogP contribution is 2.35. The monoisotopic (exact) mass is 247 g/mol. The Morgan fingerprint density at radius 2 is 2.41 bits per heavy atom. The minimum absolute atomic E-state index is 0.00388. The first-order valence-electron chi connectivity index (χ1n) is 5.93. The van der Waals surface area contributed by atoms with Gasteiger partial charge < -0.3 is 10.1 Å². The number of para-hydroxylation sites is 1. The van der Waals surface area contributed by atoms with Gasteiger partial charge in [-0.1, -0.05) is 25.0 Å². The van der Waals surface area contributed by atoms with Crippen molar-refractivity contribution in [1.29, 1.82) is 0 Å². The van der Waals surface area contributed by atoms with Crippen LogP contribution in [0.15, 0.2) is 29.2 Å². The van der Waals surface area contributed by atoms with Crippen molar-refractivity contribution in [2.75, 3.05) is 12.3 Å². The molecule has 3 heteroatoms. The van der Waals surface area contributed by atoms with Crippen LogP contribution >= 0.6 is 11.8 Å². The van der Waals surface area contributed by atoms with Gasteiger partial charge in [0.2, 0.25) is 0 Å². The van der Waals surface area contributed by atoms with Gasteiger partial charge in [0, 0.05) is 10.6 Å². The fourth-order valence-corrected chi connectivity index (χ4v) is 2.84. The van der Waals surface area contributed by atoms with E-state index in [1.165, 1.54) is 4.90 Å². The van der Waals surface area contributed by atoms with E-state index in [9.17, 15) is 0 Å². The van der Waals surface area contributed by atoms with E-state index in [0.29, 0.717) is 0 Å². The van der Waals surface area contributed by atoms with E-state index in [4.69, 9.17) is 11.2 Å². The lowest BCUT2D eigenvalue weighted by Gasteiger charge is -2.29. The van der Waals surface area contributed by atoms with E-state index in [1.54, 1.807) is 0 Å². The second-order valence-corrected chi connectivity index (χ2v) is 5.07. The average Bonchev–Trinajstić information content (AvgIpc) is 2.39. The third-order valence-corrected chi connectivity index (χ3v) is 3.84. The Kier molecular flexibility index (Phi) is 4.36. The van der Waals surface area contributed by atoms with Crippen molar-refractivity contribution in [2.45, 2.75) is 30.4 Å². The van der Waals surface area contributed by atoms with Gasteiger partial charge in [0.25, 0.3) is 0 Å². The van der Waals surface area contributed by atoms with Crippen LogP contribution in [-0.4, -0.2) is 24.4 Å². The Balaban J connectivity index is 2.03. The van der Waals surface area contributed by atoms with Crippen LogP contribution in [0.5, 0.6) is 5.75 Å². The predicted octanol–water partition coefficient (Wildman–Crippen LogP) is 2.54. The first-order valence-corrected chi connectivity index (χ1v) is 6.91. The second-order valence-electron chi connectivity index (χ2n) is 4.01. The molecule has 17 heavy (non-hydrogen) atoms. The molecule has 1 heterocycles. The Bertz CT molecular complexity index is 413. The number of hydrogen-bond acceptors (Lipinski definition) is 3. The molecule has 2 unspecified atom stereocenters. The van der Waals surface area contributed by atoms with Gasteiger partial charge in [-0.3, -0.25) is 0 Å². The first kappa shape index (κ1) is 12.3. The molecule has 0 bridgehead atoms. The van der Waals surface area contributed by atoms with Crippen LogP contribution in [0.2, 0.25) is 0 Å². The predicted molar refractivity (Wildman–Crippen MR) is 72.5 cm³/mol. The molecule has 0 radical (unpaired) electrons. The number of fused-ring (bicyclic) bond motifs is 1. The number of thioether (sulfide) groups is 1. The van der Waals surface area contributed by atoms with Crippen LogP contribution in [0, 0.1) is 12.3 Å². The molecule has 0 spiro atoms. The van der Waals surface area contributed by atoms with Crippen molar-refractivity contribution in [3.63, 3.8) is 0 Å². The summed E-state index contributed by atoms with van der Waals surface area (Å²) in [7, 11) is 0. The third kappa shape index (κ3) is 2.96. The summed E-state index contributed by atoms with van der Waals surface area (Å²) in [6, 6.07) is 8.11. The fraction of sp³-hybridized carbons (Fsp3) is 0.429.